The molecule has 2 fully saturated rings. The summed E-state index contributed by atoms with van der Waals surface area (Å²) in [7, 11) is 0. The molecule has 0 radical (unpaired) electrons. The van der Waals surface area contributed by atoms with Crippen LogP contribution in [0.3, 0.4) is 0 Å². The first kappa shape index (κ1) is 29.1. The molecule has 2 N–H and O–H groups in total. The van der Waals surface area contributed by atoms with Crippen molar-refractivity contribution in [1.29, 1.82) is 5.26 Å². The first-order valence-electron chi connectivity index (χ1n) is 15.0. The topological polar surface area (TPSA) is 135 Å². The number of anilines is 1. The maximum atomic E-state index is 13.9. The number of likely N-dealkylation sites (tertiary alicyclic amines) is 2. The lowest BCUT2D eigenvalue weighted by molar-refractivity contribution is -0.134. The highest BCUT2D eigenvalue weighted by molar-refractivity contribution is 5.98. The number of para-hydroxylation sites is 1. The highest BCUT2D eigenvalue weighted by Crippen LogP contribution is 2.28. The second-order valence-corrected chi connectivity index (χ2v) is 11.9. The molecule has 0 saturated carbocycles. The molecule has 11 heteroatoms. The van der Waals surface area contributed by atoms with Gasteiger partial charge in [-0.15, -0.1) is 0 Å². The van der Waals surface area contributed by atoms with Crippen LogP contribution in [-0.4, -0.2) is 66.0 Å². The van der Waals surface area contributed by atoms with E-state index >= 15 is 0 Å². The molecular weight excluding hydrogens is 556 g/mol. The van der Waals surface area contributed by atoms with Crippen LogP contribution in [0.25, 0.3) is 16.9 Å². The van der Waals surface area contributed by atoms with Gasteiger partial charge in [0.2, 0.25) is 0 Å². The standard InChI is InChI=1S/C33H36N8O3/c1-33(2,38-16-7-4-8-17-38)19-23(20-34)31(42)39-18-15-25(39)21-40-30-28(29(35)36-22-37-30)41(32(40)43)24-11-13-27(14-12-24)44-26-9-5-3-6-10-26/h3,5-6,9-14,19,22,25H,4,7-8,15-18,21H2,1-2H3,(H2,35,36,37)/t25-/m0/s1. The predicted octanol–water partition coefficient (Wildman–Crippen LogP) is 4.27. The lowest BCUT2D eigenvalue weighted by atomic mass is 9.94. The number of carbonyl (C=O) groups is 1. The molecule has 2 saturated heterocycles. The Hall–Kier alpha value is -4.95. The van der Waals surface area contributed by atoms with E-state index in [1.807, 2.05) is 30.3 Å². The van der Waals surface area contributed by atoms with Crippen LogP contribution in [-0.2, 0) is 11.3 Å². The fraction of sp³-hybridized carbons (Fsp3) is 0.364. The fourth-order valence-electron chi connectivity index (χ4n) is 6.11. The number of amides is 1. The summed E-state index contributed by atoms with van der Waals surface area (Å²) in [5, 5.41) is 9.97. The number of piperidine rings is 1. The third-order valence-electron chi connectivity index (χ3n) is 8.62. The zero-order valence-electron chi connectivity index (χ0n) is 25.0. The Morgan fingerprint density at radius 1 is 1.05 bits per heavy atom. The molecule has 226 valence electrons. The second kappa shape index (κ2) is 12.0. The van der Waals surface area contributed by atoms with Gasteiger partial charge in [0, 0.05) is 18.6 Å². The van der Waals surface area contributed by atoms with Gasteiger partial charge in [0.15, 0.2) is 11.5 Å². The normalized spacial score (nSPS) is 17.7. The average Bonchev–Trinajstić information content (AvgIpc) is 3.31. The molecule has 4 aromatic rings. The van der Waals surface area contributed by atoms with E-state index in [0.29, 0.717) is 41.3 Å². The molecule has 0 spiro atoms. The zero-order valence-corrected chi connectivity index (χ0v) is 25.0. The first-order chi connectivity index (χ1) is 21.3. The lowest BCUT2D eigenvalue weighted by Gasteiger charge is -2.42. The van der Waals surface area contributed by atoms with Crippen LogP contribution in [0.5, 0.6) is 11.5 Å². The van der Waals surface area contributed by atoms with E-state index in [9.17, 15) is 14.9 Å². The summed E-state index contributed by atoms with van der Waals surface area (Å²) in [5.74, 6) is 1.19. The van der Waals surface area contributed by atoms with Gasteiger partial charge in [-0.05, 0) is 88.7 Å². The molecule has 11 nitrogen and oxygen atoms in total. The third-order valence-corrected chi connectivity index (χ3v) is 8.62. The Morgan fingerprint density at radius 3 is 2.41 bits per heavy atom. The van der Waals surface area contributed by atoms with Gasteiger partial charge in [-0.25, -0.2) is 14.8 Å². The van der Waals surface area contributed by atoms with Crippen LogP contribution in [0.1, 0.15) is 39.5 Å². The van der Waals surface area contributed by atoms with E-state index in [2.05, 4.69) is 34.8 Å². The highest BCUT2D eigenvalue weighted by Gasteiger charge is 2.37. The maximum absolute atomic E-state index is 13.9. The minimum Gasteiger partial charge on any atom is -0.457 e. The molecule has 2 aromatic heterocycles. The minimum absolute atomic E-state index is 0.129. The Bertz CT molecular complexity index is 1800. The monoisotopic (exact) mass is 592 g/mol. The predicted molar refractivity (Wildman–Crippen MR) is 167 cm³/mol. The fourth-order valence-corrected chi connectivity index (χ4v) is 6.11. The number of benzene rings is 2. The molecule has 44 heavy (non-hydrogen) atoms. The van der Waals surface area contributed by atoms with Crippen molar-refractivity contribution in [3.63, 3.8) is 0 Å². The molecule has 6 rings (SSSR count). The van der Waals surface area contributed by atoms with Crippen molar-refractivity contribution >= 4 is 22.9 Å². The van der Waals surface area contributed by atoms with E-state index in [1.165, 1.54) is 17.3 Å². The van der Waals surface area contributed by atoms with Gasteiger partial charge in [0.25, 0.3) is 5.91 Å². The summed E-state index contributed by atoms with van der Waals surface area (Å²) in [6, 6.07) is 18.4. The quantitative estimate of drug-likeness (QED) is 0.237. The molecule has 4 heterocycles. The number of nitrogens with two attached hydrogens (primary N) is 1. The summed E-state index contributed by atoms with van der Waals surface area (Å²) >= 11 is 0. The van der Waals surface area contributed by atoms with Crippen LogP contribution >= 0.6 is 0 Å². The van der Waals surface area contributed by atoms with Crippen LogP contribution in [0.15, 0.2) is 77.4 Å². The van der Waals surface area contributed by atoms with Gasteiger partial charge < -0.3 is 15.4 Å². The zero-order chi connectivity index (χ0) is 30.8. The number of carbonyl (C=O) groups excluding carboxylic acids is 1. The van der Waals surface area contributed by atoms with Gasteiger partial charge in [-0.3, -0.25) is 18.8 Å². The first-order valence-corrected chi connectivity index (χ1v) is 15.0. The Labute approximate surface area is 255 Å². The molecule has 1 atom stereocenters. The summed E-state index contributed by atoms with van der Waals surface area (Å²) < 4.78 is 8.94. The molecule has 2 aromatic carbocycles. The highest BCUT2D eigenvalue weighted by atomic mass is 16.5. The largest absolute Gasteiger partial charge is 0.457 e. The number of hydrogen-bond acceptors (Lipinski definition) is 8. The van der Waals surface area contributed by atoms with Crippen molar-refractivity contribution < 1.29 is 9.53 Å². The number of imidazole rings is 1. The lowest BCUT2D eigenvalue weighted by Crippen LogP contribution is -2.54. The Balaban J connectivity index is 1.26. The molecule has 0 unspecified atom stereocenters. The van der Waals surface area contributed by atoms with Gasteiger partial charge in [-0.2, -0.15) is 5.26 Å². The van der Waals surface area contributed by atoms with Crippen LogP contribution < -0.4 is 16.2 Å². The molecule has 2 aliphatic heterocycles. The van der Waals surface area contributed by atoms with Crippen molar-refractivity contribution in [3.05, 3.63) is 83.1 Å². The summed E-state index contributed by atoms with van der Waals surface area (Å²) in [6.45, 7) is 6.73. The summed E-state index contributed by atoms with van der Waals surface area (Å²) in [6.07, 6.45) is 7.26. The van der Waals surface area contributed by atoms with E-state index in [0.717, 1.165) is 25.9 Å². The number of nitriles is 1. The number of nitrogen functional groups attached to an aromatic ring is 1. The second-order valence-electron chi connectivity index (χ2n) is 11.9. The molecule has 0 bridgehead atoms. The molecular formula is C33H36N8O3. The van der Waals surface area contributed by atoms with E-state index in [-0.39, 0.29) is 35.6 Å². The van der Waals surface area contributed by atoms with Gasteiger partial charge in [-0.1, -0.05) is 24.6 Å². The minimum atomic E-state index is -0.415. The number of rotatable bonds is 8. The number of ether oxygens (including phenoxy) is 1. The van der Waals surface area contributed by atoms with Crippen molar-refractivity contribution in [2.24, 2.45) is 0 Å². The van der Waals surface area contributed by atoms with E-state index in [1.54, 1.807) is 39.8 Å². The van der Waals surface area contributed by atoms with Gasteiger partial charge in [0.1, 0.15) is 35.0 Å². The van der Waals surface area contributed by atoms with Crippen molar-refractivity contribution in [2.75, 3.05) is 25.4 Å². The van der Waals surface area contributed by atoms with Crippen molar-refractivity contribution in [1.82, 2.24) is 28.9 Å². The molecule has 0 aliphatic carbocycles. The van der Waals surface area contributed by atoms with E-state index in [4.69, 9.17) is 10.5 Å². The van der Waals surface area contributed by atoms with Crippen molar-refractivity contribution in [3.8, 4) is 23.3 Å². The number of nitrogens with zero attached hydrogens (tertiary/aromatic N) is 7. The average molecular weight is 593 g/mol. The number of aromatic nitrogens is 4. The number of hydrogen-bond donors (Lipinski definition) is 1. The summed E-state index contributed by atoms with van der Waals surface area (Å²) in [4.78, 5) is 40.1. The SMILES string of the molecule is CC(C)(C=C(C#N)C(=O)N1CC[C@H]1Cn1c(=O)n(-c2ccc(Oc3ccccc3)cc2)c2c(N)ncnc21)N1CCCCC1. The smallest absolute Gasteiger partial charge is 0.335 e. The van der Waals surface area contributed by atoms with E-state index < -0.39 is 5.54 Å². The van der Waals surface area contributed by atoms with Crippen LogP contribution in [0.2, 0.25) is 0 Å². The molecule has 1 amide bonds. The Kier molecular flexibility index (Phi) is 7.93. The third kappa shape index (κ3) is 5.56. The Morgan fingerprint density at radius 2 is 1.75 bits per heavy atom. The molecule has 2 aliphatic rings. The van der Waals surface area contributed by atoms with Gasteiger partial charge in [0.05, 0.1) is 11.7 Å². The number of fused-ring (bicyclic) bond motifs is 1. The maximum Gasteiger partial charge on any atom is 0.335 e. The van der Waals surface area contributed by atoms with Crippen LogP contribution in [0.4, 0.5) is 5.82 Å². The van der Waals surface area contributed by atoms with Gasteiger partial charge >= 0.3 is 5.69 Å². The van der Waals surface area contributed by atoms with Crippen molar-refractivity contribution in [2.45, 2.75) is 57.7 Å². The summed E-state index contributed by atoms with van der Waals surface area (Å²) in [5.41, 5.74) is 7.01. The van der Waals surface area contributed by atoms with Crippen LogP contribution in [0, 0.1) is 11.3 Å².